The lowest BCUT2D eigenvalue weighted by Gasteiger charge is -2.26. The number of hydrogen-bond donors (Lipinski definition) is 1. The lowest BCUT2D eigenvalue weighted by Crippen LogP contribution is -2.37. The molecule has 1 aromatic rings. The Kier molecular flexibility index (Phi) is 3.64. The van der Waals surface area contributed by atoms with E-state index < -0.39 is 0 Å². The molecule has 1 aromatic carbocycles. The van der Waals surface area contributed by atoms with Crippen LogP contribution in [-0.4, -0.2) is 12.1 Å². The van der Waals surface area contributed by atoms with Crippen molar-refractivity contribution in [3.05, 3.63) is 29.8 Å². The van der Waals surface area contributed by atoms with Crippen LogP contribution >= 0.6 is 0 Å². The molecule has 0 atom stereocenters. The SMILES string of the molecule is CC(C)(CN)Oc1cccc(C(C)(C)C)c1. The van der Waals surface area contributed by atoms with Gasteiger partial charge in [-0.1, -0.05) is 32.9 Å². The molecule has 0 amide bonds. The van der Waals surface area contributed by atoms with Crippen LogP contribution in [0, 0.1) is 0 Å². The largest absolute Gasteiger partial charge is 0.487 e. The van der Waals surface area contributed by atoms with Crippen molar-refractivity contribution in [1.29, 1.82) is 0 Å². The fourth-order valence-electron chi connectivity index (χ4n) is 1.39. The molecule has 0 radical (unpaired) electrons. The number of ether oxygens (including phenoxy) is 1. The molecule has 2 heteroatoms. The summed E-state index contributed by atoms with van der Waals surface area (Å²) in [6, 6.07) is 8.23. The molecule has 0 aliphatic rings. The van der Waals surface area contributed by atoms with E-state index in [0.717, 1.165) is 5.75 Å². The van der Waals surface area contributed by atoms with Crippen LogP contribution in [0.3, 0.4) is 0 Å². The van der Waals surface area contributed by atoms with Crippen LogP contribution in [-0.2, 0) is 5.41 Å². The van der Waals surface area contributed by atoms with Crippen molar-refractivity contribution in [2.75, 3.05) is 6.54 Å². The quantitative estimate of drug-likeness (QED) is 0.851. The van der Waals surface area contributed by atoms with Gasteiger partial charge >= 0.3 is 0 Å². The minimum atomic E-state index is -0.309. The van der Waals surface area contributed by atoms with Crippen LogP contribution in [0.2, 0.25) is 0 Å². The van der Waals surface area contributed by atoms with Crippen molar-refractivity contribution in [2.24, 2.45) is 5.73 Å². The molecule has 2 nitrogen and oxygen atoms in total. The highest BCUT2D eigenvalue weighted by Crippen LogP contribution is 2.27. The van der Waals surface area contributed by atoms with Crippen molar-refractivity contribution in [2.45, 2.75) is 45.6 Å². The second-order valence-corrected chi connectivity index (χ2v) is 5.84. The molecule has 0 bridgehead atoms. The Morgan fingerprint density at radius 1 is 1.12 bits per heavy atom. The average Bonchev–Trinajstić information content (AvgIpc) is 2.16. The highest BCUT2D eigenvalue weighted by Gasteiger charge is 2.19. The standard InChI is InChI=1S/C14H23NO/c1-13(2,3)11-7-6-8-12(9-11)16-14(4,5)10-15/h6-9H,10,15H2,1-5H3. The minimum Gasteiger partial charge on any atom is -0.487 e. The maximum Gasteiger partial charge on any atom is 0.120 e. The first-order chi connectivity index (χ1) is 7.24. The van der Waals surface area contributed by atoms with Gasteiger partial charge in [-0.25, -0.2) is 0 Å². The van der Waals surface area contributed by atoms with Gasteiger partial charge in [0.15, 0.2) is 0 Å². The minimum absolute atomic E-state index is 0.145. The van der Waals surface area contributed by atoms with Gasteiger partial charge in [0.2, 0.25) is 0 Å². The third-order valence-corrected chi connectivity index (χ3v) is 2.59. The average molecular weight is 221 g/mol. The summed E-state index contributed by atoms with van der Waals surface area (Å²) in [4.78, 5) is 0. The molecule has 16 heavy (non-hydrogen) atoms. The van der Waals surface area contributed by atoms with Gasteiger partial charge in [0, 0.05) is 6.54 Å². The maximum absolute atomic E-state index is 5.86. The lowest BCUT2D eigenvalue weighted by atomic mass is 9.87. The van der Waals surface area contributed by atoms with E-state index in [2.05, 4.69) is 32.9 Å². The van der Waals surface area contributed by atoms with Crippen molar-refractivity contribution in [1.82, 2.24) is 0 Å². The normalized spacial score (nSPS) is 12.6. The van der Waals surface area contributed by atoms with E-state index in [9.17, 15) is 0 Å². The third-order valence-electron chi connectivity index (χ3n) is 2.59. The van der Waals surface area contributed by atoms with E-state index in [1.165, 1.54) is 5.56 Å². The zero-order chi connectivity index (χ0) is 12.4. The molecule has 0 fully saturated rings. The second-order valence-electron chi connectivity index (χ2n) is 5.84. The summed E-state index contributed by atoms with van der Waals surface area (Å²) < 4.78 is 5.86. The summed E-state index contributed by atoms with van der Waals surface area (Å²) in [5.74, 6) is 0.892. The van der Waals surface area contributed by atoms with E-state index in [4.69, 9.17) is 10.5 Å². The lowest BCUT2D eigenvalue weighted by molar-refractivity contribution is 0.118. The number of rotatable bonds is 3. The topological polar surface area (TPSA) is 35.2 Å². The van der Waals surface area contributed by atoms with Crippen LogP contribution in [0.5, 0.6) is 5.75 Å². The summed E-state index contributed by atoms with van der Waals surface area (Å²) in [5.41, 5.74) is 6.76. The fraction of sp³-hybridized carbons (Fsp3) is 0.571. The molecule has 0 aliphatic heterocycles. The molecule has 0 aromatic heterocycles. The van der Waals surface area contributed by atoms with E-state index in [-0.39, 0.29) is 11.0 Å². The van der Waals surface area contributed by atoms with E-state index in [0.29, 0.717) is 6.54 Å². The van der Waals surface area contributed by atoms with Crippen LogP contribution < -0.4 is 10.5 Å². The van der Waals surface area contributed by atoms with Crippen LogP contribution in [0.15, 0.2) is 24.3 Å². The molecule has 0 unspecified atom stereocenters. The smallest absolute Gasteiger partial charge is 0.120 e. The third kappa shape index (κ3) is 3.53. The summed E-state index contributed by atoms with van der Waals surface area (Å²) >= 11 is 0. The molecule has 0 saturated heterocycles. The first kappa shape index (κ1) is 13.0. The zero-order valence-corrected chi connectivity index (χ0v) is 11.0. The first-order valence-corrected chi connectivity index (χ1v) is 5.74. The van der Waals surface area contributed by atoms with Crippen LogP contribution in [0.25, 0.3) is 0 Å². The molecule has 0 aliphatic carbocycles. The molecule has 0 heterocycles. The Hall–Kier alpha value is -1.02. The predicted molar refractivity (Wildman–Crippen MR) is 68.9 cm³/mol. The molecule has 0 saturated carbocycles. The Morgan fingerprint density at radius 3 is 2.25 bits per heavy atom. The van der Waals surface area contributed by atoms with Crippen molar-refractivity contribution < 1.29 is 4.74 Å². The highest BCUT2D eigenvalue weighted by atomic mass is 16.5. The number of nitrogens with two attached hydrogens (primary N) is 1. The summed E-state index contributed by atoms with van der Waals surface area (Å²) in [6.45, 7) is 11.1. The van der Waals surface area contributed by atoms with Gasteiger partial charge in [-0.3, -0.25) is 0 Å². The number of benzene rings is 1. The van der Waals surface area contributed by atoms with Gasteiger partial charge in [-0.2, -0.15) is 0 Å². The van der Waals surface area contributed by atoms with Gasteiger partial charge in [0.1, 0.15) is 11.4 Å². The Balaban J connectivity index is 2.92. The Labute approximate surface area is 98.8 Å². The molecular formula is C14H23NO. The van der Waals surface area contributed by atoms with Gasteiger partial charge in [-0.05, 0) is 37.0 Å². The van der Waals surface area contributed by atoms with Crippen LogP contribution in [0.1, 0.15) is 40.2 Å². The Morgan fingerprint density at radius 2 is 1.75 bits per heavy atom. The molecular weight excluding hydrogens is 198 g/mol. The molecule has 90 valence electrons. The van der Waals surface area contributed by atoms with Gasteiger partial charge < -0.3 is 10.5 Å². The van der Waals surface area contributed by atoms with E-state index in [1.54, 1.807) is 0 Å². The Bertz CT molecular complexity index is 350. The van der Waals surface area contributed by atoms with E-state index >= 15 is 0 Å². The van der Waals surface area contributed by atoms with Crippen molar-refractivity contribution >= 4 is 0 Å². The maximum atomic E-state index is 5.86. The number of hydrogen-bond acceptors (Lipinski definition) is 2. The fourth-order valence-corrected chi connectivity index (χ4v) is 1.39. The summed E-state index contributed by atoms with van der Waals surface area (Å²) in [7, 11) is 0. The van der Waals surface area contributed by atoms with Crippen LogP contribution in [0.4, 0.5) is 0 Å². The second kappa shape index (κ2) is 4.46. The van der Waals surface area contributed by atoms with E-state index in [1.807, 2.05) is 26.0 Å². The highest BCUT2D eigenvalue weighted by molar-refractivity contribution is 5.33. The summed E-state index contributed by atoms with van der Waals surface area (Å²) in [5, 5.41) is 0. The zero-order valence-electron chi connectivity index (χ0n) is 11.0. The molecule has 1 rings (SSSR count). The predicted octanol–water partition coefficient (Wildman–Crippen LogP) is 3.10. The molecule has 2 N–H and O–H groups in total. The molecule has 0 spiro atoms. The van der Waals surface area contributed by atoms with Gasteiger partial charge in [0.25, 0.3) is 0 Å². The monoisotopic (exact) mass is 221 g/mol. The van der Waals surface area contributed by atoms with Gasteiger partial charge in [-0.15, -0.1) is 0 Å². The summed E-state index contributed by atoms with van der Waals surface area (Å²) in [6.07, 6.45) is 0. The van der Waals surface area contributed by atoms with Crippen molar-refractivity contribution in [3.8, 4) is 5.75 Å². The van der Waals surface area contributed by atoms with Gasteiger partial charge in [0.05, 0.1) is 0 Å². The first-order valence-electron chi connectivity index (χ1n) is 5.74. The van der Waals surface area contributed by atoms with Crippen molar-refractivity contribution in [3.63, 3.8) is 0 Å².